The zero-order chi connectivity index (χ0) is 20.4. The molecular formula is C21H26ClN3O3. The van der Waals surface area contributed by atoms with Crippen LogP contribution in [0.3, 0.4) is 0 Å². The molecule has 6 nitrogen and oxygen atoms in total. The molecule has 2 N–H and O–H groups in total. The number of likely N-dealkylation sites (N-methyl/N-ethyl adjacent to an activating group) is 1. The van der Waals surface area contributed by atoms with E-state index in [1.54, 1.807) is 36.4 Å². The maximum absolute atomic E-state index is 12.3. The fourth-order valence-electron chi connectivity index (χ4n) is 2.63. The van der Waals surface area contributed by atoms with Gasteiger partial charge in [0, 0.05) is 29.9 Å². The lowest BCUT2D eigenvalue weighted by Gasteiger charge is -2.20. The molecular weight excluding hydrogens is 378 g/mol. The zero-order valence-corrected chi connectivity index (χ0v) is 17.0. The molecule has 150 valence electrons. The van der Waals surface area contributed by atoms with Crippen molar-refractivity contribution in [3.63, 3.8) is 0 Å². The average molecular weight is 404 g/mol. The summed E-state index contributed by atoms with van der Waals surface area (Å²) in [6.45, 7) is 5.87. The van der Waals surface area contributed by atoms with Gasteiger partial charge >= 0.3 is 0 Å². The van der Waals surface area contributed by atoms with Gasteiger partial charge in [-0.05, 0) is 55.4 Å². The molecule has 2 aromatic carbocycles. The number of amides is 2. The SMILES string of the molecule is CCN(CCCOc1cccc(Cl)c1)CC(=O)Nc1ccc(NC(C)=O)cc1. The Kier molecular flexibility index (Phi) is 8.78. The predicted molar refractivity (Wildman–Crippen MR) is 113 cm³/mol. The van der Waals surface area contributed by atoms with Crippen molar-refractivity contribution in [1.82, 2.24) is 4.90 Å². The van der Waals surface area contributed by atoms with Gasteiger partial charge in [-0.2, -0.15) is 0 Å². The van der Waals surface area contributed by atoms with Crippen molar-refractivity contribution >= 4 is 34.8 Å². The van der Waals surface area contributed by atoms with E-state index in [4.69, 9.17) is 16.3 Å². The van der Waals surface area contributed by atoms with Crippen LogP contribution in [0.1, 0.15) is 20.3 Å². The molecule has 2 aromatic rings. The molecule has 2 rings (SSSR count). The van der Waals surface area contributed by atoms with Gasteiger partial charge < -0.3 is 15.4 Å². The van der Waals surface area contributed by atoms with E-state index in [0.29, 0.717) is 29.5 Å². The first-order valence-corrected chi connectivity index (χ1v) is 9.62. The van der Waals surface area contributed by atoms with Gasteiger partial charge in [0.2, 0.25) is 11.8 Å². The monoisotopic (exact) mass is 403 g/mol. The summed E-state index contributed by atoms with van der Waals surface area (Å²) in [6.07, 6.45) is 0.805. The number of carbonyl (C=O) groups is 2. The smallest absolute Gasteiger partial charge is 0.238 e. The van der Waals surface area contributed by atoms with Crippen molar-refractivity contribution in [1.29, 1.82) is 0 Å². The van der Waals surface area contributed by atoms with E-state index in [2.05, 4.69) is 15.5 Å². The molecule has 0 aromatic heterocycles. The fraction of sp³-hybridized carbons (Fsp3) is 0.333. The molecule has 0 aliphatic carbocycles. The summed E-state index contributed by atoms with van der Waals surface area (Å²) in [5, 5.41) is 6.21. The molecule has 0 radical (unpaired) electrons. The molecule has 2 amide bonds. The molecule has 0 aliphatic rings. The van der Waals surface area contributed by atoms with Crippen molar-refractivity contribution in [2.45, 2.75) is 20.3 Å². The van der Waals surface area contributed by atoms with Gasteiger partial charge in [-0.25, -0.2) is 0 Å². The van der Waals surface area contributed by atoms with Crippen molar-refractivity contribution in [3.05, 3.63) is 53.6 Å². The van der Waals surface area contributed by atoms with Crippen LogP contribution in [0.2, 0.25) is 5.02 Å². The number of benzene rings is 2. The molecule has 0 bridgehead atoms. The lowest BCUT2D eigenvalue weighted by atomic mass is 10.2. The van der Waals surface area contributed by atoms with Crippen LogP contribution < -0.4 is 15.4 Å². The highest BCUT2D eigenvalue weighted by Crippen LogP contribution is 2.17. The molecule has 28 heavy (non-hydrogen) atoms. The Hall–Kier alpha value is -2.57. The number of rotatable bonds is 10. The summed E-state index contributed by atoms with van der Waals surface area (Å²) in [7, 11) is 0. The van der Waals surface area contributed by atoms with E-state index in [0.717, 1.165) is 25.3 Å². The minimum absolute atomic E-state index is 0.0788. The van der Waals surface area contributed by atoms with Crippen molar-refractivity contribution in [2.24, 2.45) is 0 Å². The Balaban J connectivity index is 1.72. The quantitative estimate of drug-likeness (QED) is 0.587. The second-order valence-electron chi connectivity index (χ2n) is 6.33. The number of hydrogen-bond acceptors (Lipinski definition) is 4. The number of carbonyl (C=O) groups excluding carboxylic acids is 2. The number of anilines is 2. The van der Waals surface area contributed by atoms with E-state index in [1.165, 1.54) is 6.92 Å². The van der Waals surface area contributed by atoms with Crippen LogP contribution in [0.4, 0.5) is 11.4 Å². The third kappa shape index (κ3) is 7.98. The Morgan fingerprint density at radius 1 is 1.07 bits per heavy atom. The number of hydrogen-bond donors (Lipinski definition) is 2. The summed E-state index contributed by atoms with van der Waals surface area (Å²) in [4.78, 5) is 25.4. The van der Waals surface area contributed by atoms with E-state index in [-0.39, 0.29) is 11.8 Å². The Morgan fingerprint density at radius 3 is 2.36 bits per heavy atom. The van der Waals surface area contributed by atoms with Crippen LogP contribution in [0, 0.1) is 0 Å². The Labute approximate surface area is 170 Å². The van der Waals surface area contributed by atoms with Crippen LogP contribution in [0.25, 0.3) is 0 Å². The highest BCUT2D eigenvalue weighted by Gasteiger charge is 2.09. The van der Waals surface area contributed by atoms with E-state index < -0.39 is 0 Å². The number of halogens is 1. The van der Waals surface area contributed by atoms with Crippen molar-refractivity contribution in [3.8, 4) is 5.75 Å². The number of nitrogens with one attached hydrogen (secondary N) is 2. The van der Waals surface area contributed by atoms with E-state index in [9.17, 15) is 9.59 Å². The molecule has 0 fully saturated rings. The van der Waals surface area contributed by atoms with Crippen LogP contribution in [0.5, 0.6) is 5.75 Å². The maximum atomic E-state index is 12.3. The molecule has 0 heterocycles. The number of nitrogens with zero attached hydrogens (tertiary/aromatic N) is 1. The minimum Gasteiger partial charge on any atom is -0.493 e. The second-order valence-corrected chi connectivity index (χ2v) is 6.77. The summed E-state index contributed by atoms with van der Waals surface area (Å²) < 4.78 is 5.68. The van der Waals surface area contributed by atoms with E-state index in [1.807, 2.05) is 19.1 Å². The molecule has 0 unspecified atom stereocenters. The molecule has 0 atom stereocenters. The molecule has 7 heteroatoms. The first-order chi connectivity index (χ1) is 13.5. The molecule has 0 saturated heterocycles. The van der Waals surface area contributed by atoms with Gasteiger partial charge in [0.25, 0.3) is 0 Å². The first kappa shape index (κ1) is 21.7. The second kappa shape index (κ2) is 11.3. The van der Waals surface area contributed by atoms with Gasteiger partial charge in [0.05, 0.1) is 13.2 Å². The van der Waals surface area contributed by atoms with Gasteiger partial charge in [0.15, 0.2) is 0 Å². The largest absolute Gasteiger partial charge is 0.493 e. The van der Waals surface area contributed by atoms with Gasteiger partial charge in [-0.1, -0.05) is 24.6 Å². The van der Waals surface area contributed by atoms with Gasteiger partial charge in [-0.3, -0.25) is 14.5 Å². The molecule has 0 aliphatic heterocycles. The van der Waals surface area contributed by atoms with Crippen LogP contribution in [0.15, 0.2) is 48.5 Å². The van der Waals surface area contributed by atoms with E-state index >= 15 is 0 Å². The molecule has 0 spiro atoms. The van der Waals surface area contributed by atoms with Crippen LogP contribution in [-0.4, -0.2) is 43.0 Å². The summed E-state index contributed by atoms with van der Waals surface area (Å²) >= 11 is 5.93. The lowest BCUT2D eigenvalue weighted by Crippen LogP contribution is -2.34. The topological polar surface area (TPSA) is 70.7 Å². The first-order valence-electron chi connectivity index (χ1n) is 9.24. The highest BCUT2D eigenvalue weighted by atomic mass is 35.5. The average Bonchev–Trinajstić information content (AvgIpc) is 2.65. The summed E-state index contributed by atoms with van der Waals surface area (Å²) in [5.74, 6) is 0.538. The van der Waals surface area contributed by atoms with Gasteiger partial charge in [0.1, 0.15) is 5.75 Å². The fourth-order valence-corrected chi connectivity index (χ4v) is 2.81. The van der Waals surface area contributed by atoms with Crippen LogP contribution in [-0.2, 0) is 9.59 Å². The normalized spacial score (nSPS) is 10.6. The van der Waals surface area contributed by atoms with Crippen molar-refractivity contribution < 1.29 is 14.3 Å². The summed E-state index contributed by atoms with van der Waals surface area (Å²) in [5.41, 5.74) is 1.39. The third-order valence-electron chi connectivity index (χ3n) is 3.99. The Morgan fingerprint density at radius 2 is 1.75 bits per heavy atom. The molecule has 0 saturated carbocycles. The van der Waals surface area contributed by atoms with Gasteiger partial charge in [-0.15, -0.1) is 0 Å². The van der Waals surface area contributed by atoms with Crippen LogP contribution >= 0.6 is 11.6 Å². The minimum atomic E-state index is -0.130. The predicted octanol–water partition coefficient (Wildman–Crippen LogP) is 4.03. The third-order valence-corrected chi connectivity index (χ3v) is 4.22. The highest BCUT2D eigenvalue weighted by molar-refractivity contribution is 6.30. The zero-order valence-electron chi connectivity index (χ0n) is 16.2. The van der Waals surface area contributed by atoms with Crippen molar-refractivity contribution in [2.75, 3.05) is 36.9 Å². The lowest BCUT2D eigenvalue weighted by molar-refractivity contribution is -0.117. The maximum Gasteiger partial charge on any atom is 0.238 e. The number of ether oxygens (including phenoxy) is 1. The standard InChI is InChI=1S/C21H26ClN3O3/c1-3-25(12-5-13-28-20-7-4-6-17(22)14-20)15-21(27)24-19-10-8-18(9-11-19)23-16(2)26/h4,6-11,14H,3,5,12-13,15H2,1-2H3,(H,23,26)(H,24,27). The Bertz CT molecular complexity index is 781. The summed E-state index contributed by atoms with van der Waals surface area (Å²) in [6, 6.07) is 14.3.